The van der Waals surface area contributed by atoms with Gasteiger partial charge in [-0.15, -0.1) is 0 Å². The van der Waals surface area contributed by atoms with E-state index in [1.165, 1.54) is 0 Å². The lowest BCUT2D eigenvalue weighted by Crippen LogP contribution is -2.07. The second-order valence-corrected chi connectivity index (χ2v) is 6.40. The number of pyridine rings is 1. The van der Waals surface area contributed by atoms with Gasteiger partial charge in [0.25, 0.3) is 5.71 Å². The largest absolute Gasteiger partial charge is 0.457 e. The predicted octanol–water partition coefficient (Wildman–Crippen LogP) is 4.86. The molecule has 0 aliphatic heterocycles. The summed E-state index contributed by atoms with van der Waals surface area (Å²) in [5.74, 6) is -0.413. The molecule has 5 heteroatoms. The molecule has 0 spiro atoms. The molecule has 0 aliphatic rings. The summed E-state index contributed by atoms with van der Waals surface area (Å²) in [6.45, 7) is 3.78. The van der Waals surface area contributed by atoms with Crippen molar-refractivity contribution in [2.75, 3.05) is 0 Å². The summed E-state index contributed by atoms with van der Waals surface area (Å²) in [4.78, 5) is 16.9. The maximum Gasteiger partial charge on any atom is 0.339 e. The van der Waals surface area contributed by atoms with Crippen LogP contribution in [0.3, 0.4) is 0 Å². The van der Waals surface area contributed by atoms with Gasteiger partial charge in [-0.3, -0.25) is 0 Å². The Morgan fingerprint density at radius 1 is 1.00 bits per heavy atom. The number of aryl methyl sites for hydroxylation is 2. The highest BCUT2D eigenvalue weighted by Crippen LogP contribution is 2.23. The van der Waals surface area contributed by atoms with Gasteiger partial charge in [-0.25, -0.2) is 9.78 Å². The van der Waals surface area contributed by atoms with Gasteiger partial charge in [0.15, 0.2) is 0 Å². The van der Waals surface area contributed by atoms with Crippen molar-refractivity contribution in [1.82, 2.24) is 10.1 Å². The zero-order valence-electron chi connectivity index (χ0n) is 15.1. The first kappa shape index (κ1) is 17.0. The number of fused-ring (bicyclic) bond motifs is 1. The molecule has 0 N–H and O–H groups in total. The number of benzene rings is 2. The van der Waals surface area contributed by atoms with Crippen LogP contribution < -0.4 is 0 Å². The number of rotatable bonds is 4. The van der Waals surface area contributed by atoms with E-state index in [4.69, 9.17) is 9.26 Å². The molecular weight excluding hydrogens is 340 g/mol. The molecule has 0 fully saturated rings. The maximum atomic E-state index is 12.6. The molecule has 0 unspecified atom stereocenters. The smallest absolute Gasteiger partial charge is 0.339 e. The van der Waals surface area contributed by atoms with Crippen molar-refractivity contribution < 1.29 is 14.1 Å². The molecule has 0 radical (unpaired) electrons. The Bertz CT molecular complexity index is 1100. The number of ether oxygens (including phenoxy) is 1. The minimum atomic E-state index is -0.413. The van der Waals surface area contributed by atoms with E-state index >= 15 is 0 Å². The highest BCUT2D eigenvalue weighted by atomic mass is 16.5. The van der Waals surface area contributed by atoms with E-state index < -0.39 is 5.97 Å². The summed E-state index contributed by atoms with van der Waals surface area (Å²) in [5.41, 5.74) is 5.28. The Balaban J connectivity index is 1.51. The third-order valence-electron chi connectivity index (χ3n) is 4.40. The first-order valence-corrected chi connectivity index (χ1v) is 8.67. The lowest BCUT2D eigenvalue weighted by Gasteiger charge is -2.08. The average molecular weight is 358 g/mol. The first-order chi connectivity index (χ1) is 13.1. The third kappa shape index (κ3) is 3.44. The Labute approximate surface area is 156 Å². The summed E-state index contributed by atoms with van der Waals surface area (Å²) < 4.78 is 10.7. The second-order valence-electron chi connectivity index (χ2n) is 6.40. The molecule has 0 aliphatic carbocycles. The minimum absolute atomic E-state index is 0.196. The molecule has 2 aromatic heterocycles. The Hall–Kier alpha value is -3.47. The van der Waals surface area contributed by atoms with E-state index in [9.17, 15) is 4.79 Å². The highest BCUT2D eigenvalue weighted by molar-refractivity contribution is 6.03. The van der Waals surface area contributed by atoms with Crippen molar-refractivity contribution in [3.63, 3.8) is 0 Å². The fourth-order valence-electron chi connectivity index (χ4n) is 3.03. The molecule has 4 rings (SSSR count). The Morgan fingerprint density at radius 3 is 2.44 bits per heavy atom. The topological polar surface area (TPSA) is 65.2 Å². The van der Waals surface area contributed by atoms with E-state index in [0.29, 0.717) is 28.1 Å². The molecule has 2 heterocycles. The molecule has 5 nitrogen and oxygen atoms in total. The second kappa shape index (κ2) is 7.03. The van der Waals surface area contributed by atoms with Gasteiger partial charge in [0.1, 0.15) is 6.61 Å². The first-order valence-electron chi connectivity index (χ1n) is 8.67. The van der Waals surface area contributed by atoms with Crippen LogP contribution in [0.1, 0.15) is 27.3 Å². The van der Waals surface area contributed by atoms with Crippen LogP contribution in [-0.4, -0.2) is 16.1 Å². The Morgan fingerprint density at radius 2 is 1.70 bits per heavy atom. The van der Waals surface area contributed by atoms with Gasteiger partial charge < -0.3 is 9.26 Å². The van der Waals surface area contributed by atoms with Crippen LogP contribution in [0.5, 0.6) is 0 Å². The molecule has 2 aromatic carbocycles. The van der Waals surface area contributed by atoms with E-state index in [1.54, 1.807) is 19.9 Å². The minimum Gasteiger partial charge on any atom is -0.457 e. The van der Waals surface area contributed by atoms with Gasteiger partial charge in [0, 0.05) is 5.69 Å². The monoisotopic (exact) mass is 358 g/mol. The fraction of sp³-hybridized carbons (Fsp3) is 0.136. The highest BCUT2D eigenvalue weighted by Gasteiger charge is 2.19. The summed E-state index contributed by atoms with van der Waals surface area (Å²) in [7, 11) is 0. The number of aromatic nitrogens is 2. The summed E-state index contributed by atoms with van der Waals surface area (Å²) in [5, 5.41) is 4.49. The van der Waals surface area contributed by atoms with Crippen LogP contribution in [-0.2, 0) is 11.3 Å². The van der Waals surface area contributed by atoms with Crippen LogP contribution >= 0.6 is 0 Å². The van der Waals surface area contributed by atoms with Crippen LogP contribution in [0.2, 0.25) is 0 Å². The molecule has 0 bridgehead atoms. The number of nitrogens with zero attached hydrogens (tertiary/aromatic N) is 2. The van der Waals surface area contributed by atoms with Crippen molar-refractivity contribution in [3.05, 3.63) is 83.2 Å². The average Bonchev–Trinajstić information content (AvgIpc) is 3.07. The van der Waals surface area contributed by atoms with E-state index in [1.807, 2.05) is 42.5 Å². The van der Waals surface area contributed by atoms with Crippen LogP contribution in [0.15, 0.2) is 65.2 Å². The SMILES string of the molecule is Cc1cc(C(=O)OCc2ccc(-c3ccccc3)cc2)c2c(C)noc2n1. The number of carbonyl (C=O) groups excluding carboxylic acids is 1. The predicted molar refractivity (Wildman–Crippen MR) is 102 cm³/mol. The summed E-state index contributed by atoms with van der Waals surface area (Å²) >= 11 is 0. The summed E-state index contributed by atoms with van der Waals surface area (Å²) in [6.07, 6.45) is 0. The fourth-order valence-corrected chi connectivity index (χ4v) is 3.03. The van der Waals surface area contributed by atoms with Gasteiger partial charge in [-0.05, 0) is 36.6 Å². The number of hydrogen-bond acceptors (Lipinski definition) is 5. The zero-order chi connectivity index (χ0) is 18.8. The molecule has 134 valence electrons. The maximum absolute atomic E-state index is 12.6. The number of esters is 1. The van der Waals surface area contributed by atoms with Gasteiger partial charge >= 0.3 is 5.97 Å². The third-order valence-corrected chi connectivity index (χ3v) is 4.40. The quantitative estimate of drug-likeness (QED) is 0.487. The normalized spacial score (nSPS) is 10.9. The summed E-state index contributed by atoms with van der Waals surface area (Å²) in [6, 6.07) is 19.8. The van der Waals surface area contributed by atoms with Crippen LogP contribution in [0.4, 0.5) is 0 Å². The van der Waals surface area contributed by atoms with Gasteiger partial charge in [-0.2, -0.15) is 0 Å². The molecule has 4 aromatic rings. The van der Waals surface area contributed by atoms with Crippen molar-refractivity contribution in [2.24, 2.45) is 0 Å². The van der Waals surface area contributed by atoms with Crippen molar-refractivity contribution in [1.29, 1.82) is 0 Å². The molecular formula is C22H18N2O3. The molecule has 0 saturated carbocycles. The van der Waals surface area contributed by atoms with E-state index in [2.05, 4.69) is 22.3 Å². The van der Waals surface area contributed by atoms with Crippen LogP contribution in [0, 0.1) is 13.8 Å². The van der Waals surface area contributed by atoms with Gasteiger partial charge in [0.2, 0.25) is 0 Å². The zero-order valence-corrected chi connectivity index (χ0v) is 15.1. The van der Waals surface area contributed by atoms with Crippen LogP contribution in [0.25, 0.3) is 22.2 Å². The van der Waals surface area contributed by atoms with E-state index in [-0.39, 0.29) is 6.61 Å². The van der Waals surface area contributed by atoms with Crippen molar-refractivity contribution >= 4 is 17.1 Å². The lowest BCUT2D eigenvalue weighted by molar-refractivity contribution is 0.0475. The van der Waals surface area contributed by atoms with Crippen molar-refractivity contribution in [2.45, 2.75) is 20.5 Å². The van der Waals surface area contributed by atoms with Gasteiger partial charge in [0.05, 0.1) is 16.6 Å². The lowest BCUT2D eigenvalue weighted by atomic mass is 10.0. The van der Waals surface area contributed by atoms with Crippen molar-refractivity contribution in [3.8, 4) is 11.1 Å². The molecule has 0 amide bonds. The van der Waals surface area contributed by atoms with Gasteiger partial charge in [-0.1, -0.05) is 59.8 Å². The molecule has 0 saturated heterocycles. The number of carbonyl (C=O) groups is 1. The van der Waals surface area contributed by atoms with E-state index in [0.717, 1.165) is 16.7 Å². The number of hydrogen-bond donors (Lipinski definition) is 0. The molecule has 0 atom stereocenters. The molecule has 27 heavy (non-hydrogen) atoms. The standard InChI is InChI=1S/C22H18N2O3/c1-14-12-19(20-15(2)24-27-21(20)23-14)22(25)26-13-16-8-10-18(11-9-16)17-6-4-3-5-7-17/h3-12H,13H2,1-2H3. The Kier molecular flexibility index (Phi) is 4.42.